The van der Waals surface area contributed by atoms with Crippen molar-refractivity contribution in [1.82, 2.24) is 5.32 Å². The average molecular weight is 172 g/mol. The van der Waals surface area contributed by atoms with Crippen LogP contribution in [0.4, 0.5) is 0 Å². The third-order valence-corrected chi connectivity index (χ3v) is 2.77. The second-order valence-corrected chi connectivity index (χ2v) is 4.08. The van der Waals surface area contributed by atoms with Gasteiger partial charge >= 0.3 is 0 Å². The number of piperidine rings is 1. The molecule has 1 aliphatic rings. The largest absolute Gasteiger partial charge is 0.379 e. The van der Waals surface area contributed by atoms with Crippen LogP contribution in [-0.4, -0.2) is 23.9 Å². The summed E-state index contributed by atoms with van der Waals surface area (Å²) in [6.45, 7) is 5.38. The first-order valence-corrected chi connectivity index (χ1v) is 4.78. The SMILES string of the molecule is CC(C)C1CC(C(N)O)CCN1. The lowest BCUT2D eigenvalue weighted by Gasteiger charge is -2.33. The Balaban J connectivity index is 2.40. The van der Waals surface area contributed by atoms with Gasteiger partial charge in [-0.3, -0.25) is 0 Å². The lowest BCUT2D eigenvalue weighted by Crippen LogP contribution is -2.46. The fourth-order valence-corrected chi connectivity index (χ4v) is 1.80. The van der Waals surface area contributed by atoms with Crippen molar-refractivity contribution in [3.05, 3.63) is 0 Å². The van der Waals surface area contributed by atoms with Gasteiger partial charge in [0.15, 0.2) is 0 Å². The lowest BCUT2D eigenvalue weighted by atomic mass is 9.86. The molecule has 0 aromatic rings. The second kappa shape index (κ2) is 4.21. The van der Waals surface area contributed by atoms with Gasteiger partial charge in [0.1, 0.15) is 6.23 Å². The summed E-state index contributed by atoms with van der Waals surface area (Å²) in [5.74, 6) is 0.921. The molecule has 12 heavy (non-hydrogen) atoms. The summed E-state index contributed by atoms with van der Waals surface area (Å²) in [7, 11) is 0. The highest BCUT2D eigenvalue weighted by Gasteiger charge is 2.26. The Morgan fingerprint density at radius 1 is 1.50 bits per heavy atom. The maximum atomic E-state index is 9.23. The van der Waals surface area contributed by atoms with Crippen molar-refractivity contribution in [2.45, 2.75) is 39.0 Å². The van der Waals surface area contributed by atoms with Crippen LogP contribution in [-0.2, 0) is 0 Å². The minimum absolute atomic E-state index is 0.290. The third-order valence-electron chi connectivity index (χ3n) is 2.77. The van der Waals surface area contributed by atoms with Crippen LogP contribution in [0.2, 0.25) is 0 Å². The Hall–Kier alpha value is -0.120. The van der Waals surface area contributed by atoms with Crippen LogP contribution in [0.5, 0.6) is 0 Å². The maximum Gasteiger partial charge on any atom is 0.105 e. The van der Waals surface area contributed by atoms with E-state index in [0.29, 0.717) is 17.9 Å². The molecule has 72 valence electrons. The zero-order chi connectivity index (χ0) is 9.14. The van der Waals surface area contributed by atoms with Crippen molar-refractivity contribution in [3.8, 4) is 0 Å². The fourth-order valence-electron chi connectivity index (χ4n) is 1.80. The molecule has 1 fully saturated rings. The van der Waals surface area contributed by atoms with Crippen LogP contribution >= 0.6 is 0 Å². The summed E-state index contributed by atoms with van der Waals surface area (Å²) < 4.78 is 0. The molecule has 3 atom stereocenters. The van der Waals surface area contributed by atoms with Crippen LogP contribution in [0.1, 0.15) is 26.7 Å². The van der Waals surface area contributed by atoms with E-state index in [1.54, 1.807) is 0 Å². The molecular weight excluding hydrogens is 152 g/mol. The second-order valence-electron chi connectivity index (χ2n) is 4.08. The average Bonchev–Trinajstić information content (AvgIpc) is 2.04. The molecule has 0 bridgehead atoms. The van der Waals surface area contributed by atoms with Gasteiger partial charge in [0.05, 0.1) is 0 Å². The molecular formula is C9H20N2O. The zero-order valence-electron chi connectivity index (χ0n) is 7.96. The molecule has 0 aromatic heterocycles. The number of hydrogen-bond donors (Lipinski definition) is 3. The number of aliphatic hydroxyl groups excluding tert-OH is 1. The summed E-state index contributed by atoms with van der Waals surface area (Å²) in [5, 5.41) is 12.7. The van der Waals surface area contributed by atoms with E-state index in [0.717, 1.165) is 19.4 Å². The quantitative estimate of drug-likeness (QED) is 0.525. The molecule has 0 radical (unpaired) electrons. The first-order chi connectivity index (χ1) is 5.61. The Labute approximate surface area is 74.3 Å². The van der Waals surface area contributed by atoms with Crippen LogP contribution in [0.3, 0.4) is 0 Å². The lowest BCUT2D eigenvalue weighted by molar-refractivity contribution is 0.0770. The van der Waals surface area contributed by atoms with E-state index in [2.05, 4.69) is 19.2 Å². The Morgan fingerprint density at radius 2 is 2.17 bits per heavy atom. The van der Waals surface area contributed by atoms with E-state index in [4.69, 9.17) is 5.73 Å². The predicted molar refractivity (Wildman–Crippen MR) is 49.5 cm³/mol. The van der Waals surface area contributed by atoms with Crippen LogP contribution in [0, 0.1) is 11.8 Å². The topological polar surface area (TPSA) is 58.3 Å². The van der Waals surface area contributed by atoms with Crippen molar-refractivity contribution in [2.75, 3.05) is 6.54 Å². The summed E-state index contributed by atoms with van der Waals surface area (Å²) in [4.78, 5) is 0. The molecule has 1 saturated heterocycles. The van der Waals surface area contributed by atoms with Crippen LogP contribution in [0.25, 0.3) is 0 Å². The summed E-state index contributed by atoms with van der Waals surface area (Å²) >= 11 is 0. The van der Waals surface area contributed by atoms with Gasteiger partial charge in [0, 0.05) is 12.0 Å². The maximum absolute atomic E-state index is 9.23. The normalized spacial score (nSPS) is 33.8. The fraction of sp³-hybridized carbons (Fsp3) is 1.00. The van der Waals surface area contributed by atoms with E-state index in [-0.39, 0.29) is 0 Å². The Bertz CT molecular complexity index is 122. The highest BCUT2D eigenvalue weighted by molar-refractivity contribution is 4.82. The predicted octanol–water partition coefficient (Wildman–Crippen LogP) is 0.288. The highest BCUT2D eigenvalue weighted by Crippen LogP contribution is 2.21. The van der Waals surface area contributed by atoms with E-state index in [1.165, 1.54) is 0 Å². The molecule has 0 aromatic carbocycles. The Morgan fingerprint density at radius 3 is 2.67 bits per heavy atom. The highest BCUT2D eigenvalue weighted by atomic mass is 16.3. The first-order valence-electron chi connectivity index (χ1n) is 4.78. The third kappa shape index (κ3) is 2.44. The first kappa shape index (κ1) is 9.96. The smallest absolute Gasteiger partial charge is 0.105 e. The van der Waals surface area contributed by atoms with Gasteiger partial charge in [-0.2, -0.15) is 0 Å². The number of hydrogen-bond acceptors (Lipinski definition) is 3. The van der Waals surface area contributed by atoms with Crippen molar-refractivity contribution < 1.29 is 5.11 Å². The molecule has 3 nitrogen and oxygen atoms in total. The van der Waals surface area contributed by atoms with Gasteiger partial charge in [0.2, 0.25) is 0 Å². The van der Waals surface area contributed by atoms with Gasteiger partial charge in [-0.1, -0.05) is 13.8 Å². The van der Waals surface area contributed by atoms with Gasteiger partial charge in [-0.05, 0) is 25.3 Å². The van der Waals surface area contributed by atoms with Gasteiger partial charge in [-0.25, -0.2) is 0 Å². The number of rotatable bonds is 2. The molecule has 3 unspecified atom stereocenters. The molecule has 0 aliphatic carbocycles. The minimum Gasteiger partial charge on any atom is -0.379 e. The molecule has 0 amide bonds. The molecule has 0 spiro atoms. The summed E-state index contributed by atoms with van der Waals surface area (Å²) in [5.41, 5.74) is 5.46. The van der Waals surface area contributed by atoms with E-state index in [1.807, 2.05) is 0 Å². The standard InChI is InChI=1S/C9H20N2O/c1-6(2)8-5-7(9(10)12)3-4-11-8/h6-9,11-12H,3-5,10H2,1-2H3. The van der Waals surface area contributed by atoms with E-state index < -0.39 is 6.23 Å². The van der Waals surface area contributed by atoms with Gasteiger partial charge in [-0.15, -0.1) is 0 Å². The molecule has 1 heterocycles. The van der Waals surface area contributed by atoms with Crippen LogP contribution in [0.15, 0.2) is 0 Å². The van der Waals surface area contributed by atoms with Crippen LogP contribution < -0.4 is 11.1 Å². The van der Waals surface area contributed by atoms with Crippen molar-refractivity contribution in [1.29, 1.82) is 0 Å². The Kier molecular flexibility index (Phi) is 3.50. The number of aliphatic hydroxyl groups is 1. The van der Waals surface area contributed by atoms with Crippen molar-refractivity contribution >= 4 is 0 Å². The van der Waals surface area contributed by atoms with Gasteiger partial charge in [0.25, 0.3) is 0 Å². The van der Waals surface area contributed by atoms with Crippen molar-refractivity contribution in [3.63, 3.8) is 0 Å². The molecule has 1 aliphatic heterocycles. The van der Waals surface area contributed by atoms with E-state index in [9.17, 15) is 5.11 Å². The van der Waals surface area contributed by atoms with Crippen molar-refractivity contribution in [2.24, 2.45) is 17.6 Å². The zero-order valence-corrected chi connectivity index (χ0v) is 7.96. The molecule has 1 rings (SSSR count). The summed E-state index contributed by atoms with van der Waals surface area (Å²) in [6, 6.07) is 0.530. The minimum atomic E-state index is -0.631. The molecule has 4 N–H and O–H groups in total. The number of nitrogens with two attached hydrogens (primary N) is 1. The van der Waals surface area contributed by atoms with Gasteiger partial charge < -0.3 is 16.2 Å². The molecule has 0 saturated carbocycles. The van der Waals surface area contributed by atoms with E-state index >= 15 is 0 Å². The number of nitrogens with one attached hydrogen (secondary N) is 1. The molecule has 3 heteroatoms. The summed E-state index contributed by atoms with van der Waals surface area (Å²) in [6.07, 6.45) is 1.38. The monoisotopic (exact) mass is 172 g/mol.